The van der Waals surface area contributed by atoms with Crippen molar-refractivity contribution in [3.05, 3.63) is 82.0 Å². The fraction of sp³-hybridized carbons (Fsp3) is 0.280. The van der Waals surface area contributed by atoms with Crippen LogP contribution in [0.25, 0.3) is 0 Å². The highest BCUT2D eigenvalue weighted by Gasteiger charge is 2.13. The van der Waals surface area contributed by atoms with Gasteiger partial charge in [0.15, 0.2) is 16.6 Å². The number of methoxy groups -OCH3 is 2. The molecule has 0 bridgehead atoms. The van der Waals surface area contributed by atoms with Gasteiger partial charge in [0.1, 0.15) is 0 Å². The van der Waals surface area contributed by atoms with Gasteiger partial charge in [-0.2, -0.15) is 0 Å². The molecule has 0 spiro atoms. The monoisotopic (exact) mass is 483 g/mol. The Kier molecular flexibility index (Phi) is 9.53. The third-order valence-electron chi connectivity index (χ3n) is 5.01. The molecule has 0 radical (unpaired) electrons. The molecule has 1 heterocycles. The summed E-state index contributed by atoms with van der Waals surface area (Å²) in [7, 11) is 3.22. The number of benzene rings is 2. The predicted molar refractivity (Wildman–Crippen MR) is 137 cm³/mol. The van der Waals surface area contributed by atoms with E-state index in [-0.39, 0.29) is 12.5 Å². The summed E-state index contributed by atoms with van der Waals surface area (Å²) in [5, 5.41) is 8.66. The smallest absolute Gasteiger partial charge is 0.239 e. The van der Waals surface area contributed by atoms with Crippen molar-refractivity contribution in [3.8, 4) is 11.5 Å². The number of rotatable bonds is 11. The van der Waals surface area contributed by atoms with E-state index in [1.807, 2.05) is 42.5 Å². The maximum Gasteiger partial charge on any atom is 0.239 e. The fourth-order valence-corrected chi connectivity index (χ4v) is 4.23. The maximum atomic E-state index is 12.4. The number of hydrogen-bond acceptors (Lipinski definition) is 5. The van der Waals surface area contributed by atoms with Gasteiger partial charge in [0.2, 0.25) is 5.91 Å². The van der Waals surface area contributed by atoms with Crippen molar-refractivity contribution in [3.63, 3.8) is 0 Å². The molecule has 0 aliphatic carbocycles. The summed E-state index contributed by atoms with van der Waals surface area (Å²) in [5.74, 6) is 1.26. The minimum atomic E-state index is -0.103. The largest absolute Gasteiger partial charge is 0.493 e. The lowest BCUT2D eigenvalue weighted by Gasteiger charge is -2.25. The molecule has 1 amide bonds. The van der Waals surface area contributed by atoms with Gasteiger partial charge in [-0.05, 0) is 53.3 Å². The van der Waals surface area contributed by atoms with Crippen LogP contribution in [0.5, 0.6) is 11.5 Å². The quantitative estimate of drug-likeness (QED) is 0.402. The van der Waals surface area contributed by atoms with Gasteiger partial charge < -0.3 is 25.0 Å². The Morgan fingerprint density at radius 2 is 1.73 bits per heavy atom. The molecule has 8 heteroatoms. The summed E-state index contributed by atoms with van der Waals surface area (Å²) in [5.41, 5.74) is 2.22. The lowest BCUT2D eigenvalue weighted by Crippen LogP contribution is -2.43. The third-order valence-corrected chi connectivity index (χ3v) is 6.28. The molecule has 6 nitrogen and oxygen atoms in total. The average Bonchev–Trinajstić information content (AvgIpc) is 3.36. The maximum absolute atomic E-state index is 12.4. The van der Waals surface area contributed by atoms with Crippen LogP contribution < -0.4 is 20.1 Å². The number of carbonyl (C=O) groups is 1. The molecule has 0 fully saturated rings. The first-order valence-corrected chi connectivity index (χ1v) is 11.9. The Morgan fingerprint density at radius 3 is 2.42 bits per heavy atom. The zero-order valence-electron chi connectivity index (χ0n) is 18.9. The van der Waals surface area contributed by atoms with Crippen LogP contribution in [0.1, 0.15) is 16.0 Å². The number of thiocarbonyl (C=S) groups is 1. The highest BCUT2D eigenvalue weighted by atomic mass is 32.1. The number of thiophene rings is 1. The number of ether oxygens (including phenoxy) is 2. The second kappa shape index (κ2) is 12.8. The lowest BCUT2D eigenvalue weighted by atomic mass is 10.1. The third kappa shape index (κ3) is 7.76. The SMILES string of the molecule is COc1ccc(CCNC(=O)CNC(=S)N(Cc2ccccc2)Cc2cccs2)cc1OC. The second-order valence-corrected chi connectivity index (χ2v) is 8.79. The predicted octanol–water partition coefficient (Wildman–Crippen LogP) is 4.00. The standard InChI is InChI=1S/C25H29N3O3S2/c1-30-22-11-10-19(15-23(22)31-2)12-13-26-24(29)16-27-25(32)28(18-21-9-6-14-33-21)17-20-7-4-3-5-8-20/h3-11,14-15H,12-13,16-18H2,1-2H3,(H,26,29)(H,27,32). The number of nitrogens with one attached hydrogen (secondary N) is 2. The summed E-state index contributed by atoms with van der Waals surface area (Å²) in [6, 6.07) is 20.0. The number of nitrogens with zero attached hydrogens (tertiary/aromatic N) is 1. The van der Waals surface area contributed by atoms with Crippen LogP contribution >= 0.6 is 23.6 Å². The summed E-state index contributed by atoms with van der Waals surface area (Å²) >= 11 is 7.31. The molecule has 33 heavy (non-hydrogen) atoms. The van der Waals surface area contributed by atoms with E-state index >= 15 is 0 Å². The fourth-order valence-electron chi connectivity index (χ4n) is 3.31. The van der Waals surface area contributed by atoms with Crippen LogP contribution in [0, 0.1) is 0 Å². The van der Waals surface area contributed by atoms with Crippen LogP contribution in [-0.2, 0) is 24.3 Å². The molecule has 2 N–H and O–H groups in total. The van der Waals surface area contributed by atoms with Crippen molar-refractivity contribution < 1.29 is 14.3 Å². The van der Waals surface area contributed by atoms with E-state index in [4.69, 9.17) is 21.7 Å². The second-order valence-electron chi connectivity index (χ2n) is 7.37. The van der Waals surface area contributed by atoms with Crippen molar-refractivity contribution in [2.24, 2.45) is 0 Å². The van der Waals surface area contributed by atoms with Crippen LogP contribution in [0.3, 0.4) is 0 Å². The van der Waals surface area contributed by atoms with E-state index in [1.165, 1.54) is 4.88 Å². The minimum Gasteiger partial charge on any atom is -0.493 e. The number of carbonyl (C=O) groups excluding carboxylic acids is 1. The van der Waals surface area contributed by atoms with E-state index in [2.05, 4.69) is 39.1 Å². The molecule has 3 rings (SSSR count). The molecule has 0 atom stereocenters. The molecule has 2 aromatic carbocycles. The summed E-state index contributed by atoms with van der Waals surface area (Å²) in [6.07, 6.45) is 0.690. The van der Waals surface area contributed by atoms with E-state index in [1.54, 1.807) is 25.6 Å². The molecular formula is C25H29N3O3S2. The van der Waals surface area contributed by atoms with E-state index in [9.17, 15) is 4.79 Å². The molecular weight excluding hydrogens is 454 g/mol. The van der Waals surface area contributed by atoms with Crippen molar-refractivity contribution in [1.29, 1.82) is 0 Å². The van der Waals surface area contributed by atoms with E-state index in [0.717, 1.165) is 11.1 Å². The summed E-state index contributed by atoms with van der Waals surface area (Å²) in [6.45, 7) is 2.01. The zero-order valence-corrected chi connectivity index (χ0v) is 20.5. The normalized spacial score (nSPS) is 10.4. The first-order valence-electron chi connectivity index (χ1n) is 10.7. The van der Waals surface area contributed by atoms with Gasteiger partial charge in [-0.1, -0.05) is 42.5 Å². The minimum absolute atomic E-state index is 0.103. The zero-order chi connectivity index (χ0) is 23.5. The van der Waals surface area contributed by atoms with Gasteiger partial charge in [0.25, 0.3) is 0 Å². The Bertz CT molecular complexity index is 1030. The van der Waals surface area contributed by atoms with Gasteiger partial charge in [0.05, 0.1) is 27.3 Å². The van der Waals surface area contributed by atoms with Gasteiger partial charge in [-0.25, -0.2) is 0 Å². The van der Waals surface area contributed by atoms with Crippen molar-refractivity contribution in [2.45, 2.75) is 19.5 Å². The van der Waals surface area contributed by atoms with Gasteiger partial charge in [0, 0.05) is 18.0 Å². The van der Waals surface area contributed by atoms with E-state index in [0.29, 0.717) is 42.7 Å². The molecule has 0 saturated carbocycles. The van der Waals surface area contributed by atoms with Gasteiger partial charge >= 0.3 is 0 Å². The first-order chi connectivity index (χ1) is 16.1. The van der Waals surface area contributed by atoms with Gasteiger partial charge in [-0.3, -0.25) is 4.79 Å². The Hall–Kier alpha value is -3.10. The molecule has 1 aromatic heterocycles. The number of amides is 1. The molecule has 0 aliphatic rings. The van der Waals surface area contributed by atoms with Crippen LogP contribution in [0.4, 0.5) is 0 Å². The van der Waals surface area contributed by atoms with Crippen molar-refractivity contribution in [2.75, 3.05) is 27.3 Å². The lowest BCUT2D eigenvalue weighted by molar-refractivity contribution is -0.119. The molecule has 0 unspecified atom stereocenters. The Labute approximate surface area is 204 Å². The average molecular weight is 484 g/mol. The Balaban J connectivity index is 1.48. The molecule has 0 aliphatic heterocycles. The number of hydrogen-bond donors (Lipinski definition) is 2. The van der Waals surface area contributed by atoms with Crippen molar-refractivity contribution in [1.82, 2.24) is 15.5 Å². The topological polar surface area (TPSA) is 62.8 Å². The van der Waals surface area contributed by atoms with Crippen LogP contribution in [-0.4, -0.2) is 43.2 Å². The van der Waals surface area contributed by atoms with Gasteiger partial charge in [-0.15, -0.1) is 11.3 Å². The highest BCUT2D eigenvalue weighted by molar-refractivity contribution is 7.80. The van der Waals surface area contributed by atoms with Crippen molar-refractivity contribution >= 4 is 34.6 Å². The molecule has 0 saturated heterocycles. The molecule has 3 aromatic rings. The van der Waals surface area contributed by atoms with Crippen LogP contribution in [0.2, 0.25) is 0 Å². The van der Waals surface area contributed by atoms with E-state index < -0.39 is 0 Å². The first kappa shape index (κ1) is 24.5. The highest BCUT2D eigenvalue weighted by Crippen LogP contribution is 2.27. The summed E-state index contributed by atoms with van der Waals surface area (Å²) in [4.78, 5) is 15.7. The summed E-state index contributed by atoms with van der Waals surface area (Å²) < 4.78 is 10.6. The molecule has 174 valence electrons. The Morgan fingerprint density at radius 1 is 0.939 bits per heavy atom. The van der Waals surface area contributed by atoms with Crippen LogP contribution in [0.15, 0.2) is 66.0 Å².